The predicted molar refractivity (Wildman–Crippen MR) is 94.6 cm³/mol. The number of benzene rings is 1. The zero-order valence-electron chi connectivity index (χ0n) is 13.9. The summed E-state index contributed by atoms with van der Waals surface area (Å²) in [5.74, 6) is 0.986. The van der Waals surface area contributed by atoms with E-state index >= 15 is 0 Å². The maximum atomic E-state index is 5.89. The van der Waals surface area contributed by atoms with E-state index in [0.29, 0.717) is 6.04 Å². The average Bonchev–Trinajstić information content (AvgIpc) is 2.58. The van der Waals surface area contributed by atoms with Gasteiger partial charge in [0, 0.05) is 18.6 Å². The number of hydrogen-bond donors (Lipinski definition) is 2. The van der Waals surface area contributed by atoms with Crippen molar-refractivity contribution in [3.8, 4) is 5.75 Å². The van der Waals surface area contributed by atoms with Gasteiger partial charge in [0.25, 0.3) is 0 Å². The van der Waals surface area contributed by atoms with Crippen LogP contribution in [0.5, 0.6) is 5.75 Å². The van der Waals surface area contributed by atoms with Gasteiger partial charge in [-0.1, -0.05) is 30.7 Å². The molecular formula is C19H29N3O. The number of nitrogens with one attached hydrogen (secondary N) is 1. The van der Waals surface area contributed by atoms with Gasteiger partial charge in [0.15, 0.2) is 0 Å². The van der Waals surface area contributed by atoms with Crippen molar-refractivity contribution in [1.82, 2.24) is 10.2 Å². The van der Waals surface area contributed by atoms with Crippen molar-refractivity contribution < 1.29 is 4.74 Å². The molecule has 0 bridgehead atoms. The highest BCUT2D eigenvalue weighted by atomic mass is 16.5. The van der Waals surface area contributed by atoms with Gasteiger partial charge in [0.1, 0.15) is 5.75 Å². The van der Waals surface area contributed by atoms with Crippen LogP contribution in [0, 0.1) is 0 Å². The molecule has 1 aliphatic heterocycles. The molecule has 0 saturated carbocycles. The van der Waals surface area contributed by atoms with Gasteiger partial charge in [-0.3, -0.25) is 4.90 Å². The third-order valence-electron chi connectivity index (χ3n) is 4.68. The molecule has 1 aromatic rings. The largest absolute Gasteiger partial charge is 0.494 e. The number of rotatable bonds is 8. The summed E-state index contributed by atoms with van der Waals surface area (Å²) in [5.41, 5.74) is 7.19. The summed E-state index contributed by atoms with van der Waals surface area (Å²) in [6, 6.07) is 9.08. The van der Waals surface area contributed by atoms with Crippen molar-refractivity contribution >= 4 is 0 Å². The van der Waals surface area contributed by atoms with E-state index in [1.54, 1.807) is 0 Å². The Balaban J connectivity index is 1.36. The van der Waals surface area contributed by atoms with Crippen LogP contribution in [0.1, 0.15) is 31.2 Å². The van der Waals surface area contributed by atoms with E-state index in [1.165, 1.54) is 37.9 Å². The van der Waals surface area contributed by atoms with Gasteiger partial charge >= 0.3 is 0 Å². The van der Waals surface area contributed by atoms with E-state index in [0.717, 1.165) is 31.9 Å². The molecule has 2 unspecified atom stereocenters. The number of nitrogens with zero attached hydrogens (tertiary/aromatic N) is 1. The van der Waals surface area contributed by atoms with Crippen LogP contribution in [0.15, 0.2) is 36.4 Å². The van der Waals surface area contributed by atoms with E-state index in [4.69, 9.17) is 10.5 Å². The predicted octanol–water partition coefficient (Wildman–Crippen LogP) is 2.30. The first kappa shape index (κ1) is 16.5. The first-order valence-electron chi connectivity index (χ1n) is 8.93. The summed E-state index contributed by atoms with van der Waals surface area (Å²) in [5, 5.41) is 3.42. The lowest BCUT2D eigenvalue weighted by atomic mass is 9.98. The molecule has 1 heterocycles. The lowest BCUT2D eigenvalue weighted by Gasteiger charge is -2.27. The van der Waals surface area contributed by atoms with Gasteiger partial charge < -0.3 is 15.8 Å². The highest BCUT2D eigenvalue weighted by molar-refractivity contribution is 5.28. The third-order valence-corrected chi connectivity index (χ3v) is 4.68. The third kappa shape index (κ3) is 5.06. The van der Waals surface area contributed by atoms with Gasteiger partial charge in [0.05, 0.1) is 6.61 Å². The average molecular weight is 315 g/mol. The summed E-state index contributed by atoms with van der Waals surface area (Å²) in [4.78, 5) is 2.54. The zero-order valence-corrected chi connectivity index (χ0v) is 13.9. The van der Waals surface area contributed by atoms with E-state index in [2.05, 4.69) is 40.6 Å². The molecule has 1 saturated heterocycles. The summed E-state index contributed by atoms with van der Waals surface area (Å²) >= 11 is 0. The van der Waals surface area contributed by atoms with Gasteiger partial charge in [-0.05, 0) is 56.6 Å². The fourth-order valence-electron chi connectivity index (χ4n) is 3.19. The van der Waals surface area contributed by atoms with Gasteiger partial charge in [0.2, 0.25) is 0 Å². The maximum Gasteiger partial charge on any atom is 0.119 e. The number of piperidine rings is 1. The second kappa shape index (κ2) is 8.48. The lowest BCUT2D eigenvalue weighted by Crippen LogP contribution is -2.48. The molecule has 3 N–H and O–H groups in total. The van der Waals surface area contributed by atoms with E-state index in [9.17, 15) is 0 Å². The lowest BCUT2D eigenvalue weighted by molar-refractivity contribution is 0.220. The first-order valence-corrected chi connectivity index (χ1v) is 8.93. The molecule has 1 fully saturated rings. The molecular weight excluding hydrogens is 286 g/mol. The molecule has 0 spiro atoms. The van der Waals surface area contributed by atoms with Crippen LogP contribution in [0.3, 0.4) is 0 Å². The normalized spacial score (nSPS) is 24.4. The van der Waals surface area contributed by atoms with E-state index in [-0.39, 0.29) is 6.04 Å². The zero-order chi connectivity index (χ0) is 15.9. The number of nitrogens with two attached hydrogens (primary N) is 1. The number of likely N-dealkylation sites (tertiary alicyclic amines) is 1. The highest BCUT2D eigenvalue weighted by Gasteiger charge is 2.18. The van der Waals surface area contributed by atoms with Crippen molar-refractivity contribution in [3.63, 3.8) is 0 Å². The van der Waals surface area contributed by atoms with E-state index < -0.39 is 0 Å². The molecule has 2 aliphatic rings. The molecule has 23 heavy (non-hydrogen) atoms. The summed E-state index contributed by atoms with van der Waals surface area (Å²) in [7, 11) is 0. The van der Waals surface area contributed by atoms with Gasteiger partial charge in [-0.2, -0.15) is 0 Å². The molecule has 2 atom stereocenters. The van der Waals surface area contributed by atoms with Crippen LogP contribution in [-0.2, 0) is 6.54 Å². The Hall–Kier alpha value is -1.36. The Bertz CT molecular complexity index is 511. The van der Waals surface area contributed by atoms with Crippen LogP contribution < -0.4 is 15.8 Å². The Kier molecular flexibility index (Phi) is 6.08. The second-order valence-corrected chi connectivity index (χ2v) is 6.63. The van der Waals surface area contributed by atoms with Crippen molar-refractivity contribution in [2.45, 2.75) is 44.3 Å². The van der Waals surface area contributed by atoms with Crippen molar-refractivity contribution in [3.05, 3.63) is 42.0 Å². The summed E-state index contributed by atoms with van der Waals surface area (Å²) in [6.45, 7) is 5.19. The van der Waals surface area contributed by atoms with Crippen LogP contribution in [-0.4, -0.2) is 43.2 Å². The minimum absolute atomic E-state index is 0.183. The quantitative estimate of drug-likeness (QED) is 0.571. The Morgan fingerprint density at radius 2 is 2.04 bits per heavy atom. The smallest absolute Gasteiger partial charge is 0.119 e. The monoisotopic (exact) mass is 315 g/mol. The van der Waals surface area contributed by atoms with Gasteiger partial charge in [-0.15, -0.1) is 0 Å². The van der Waals surface area contributed by atoms with Crippen LogP contribution >= 0.6 is 0 Å². The summed E-state index contributed by atoms with van der Waals surface area (Å²) in [6.07, 6.45) is 9.20. The van der Waals surface area contributed by atoms with Crippen molar-refractivity contribution in [2.75, 3.05) is 26.2 Å². The minimum Gasteiger partial charge on any atom is -0.494 e. The second-order valence-electron chi connectivity index (χ2n) is 6.63. The summed E-state index contributed by atoms with van der Waals surface area (Å²) < 4.78 is 5.89. The number of hydrogen-bond acceptors (Lipinski definition) is 4. The Morgan fingerprint density at radius 3 is 2.78 bits per heavy atom. The molecule has 0 aromatic heterocycles. The standard InChI is InChI=1S/C19H29N3O/c20-18-8-9-19(18)21-10-5-13-23-17-7-4-6-16(14-17)15-22-11-2-1-3-12-22/h4,6-9,14,18-19,21H,1-3,5,10-13,15,20H2. The molecule has 4 nitrogen and oxygen atoms in total. The van der Waals surface area contributed by atoms with Crippen molar-refractivity contribution in [2.24, 2.45) is 5.73 Å². The van der Waals surface area contributed by atoms with Gasteiger partial charge in [-0.25, -0.2) is 0 Å². The number of ether oxygens (including phenoxy) is 1. The molecule has 0 radical (unpaired) electrons. The maximum absolute atomic E-state index is 5.89. The fourth-order valence-corrected chi connectivity index (χ4v) is 3.19. The van der Waals surface area contributed by atoms with Crippen LogP contribution in [0.25, 0.3) is 0 Å². The molecule has 1 aliphatic carbocycles. The Labute approximate surface area is 139 Å². The minimum atomic E-state index is 0.183. The molecule has 3 rings (SSSR count). The Morgan fingerprint density at radius 1 is 1.17 bits per heavy atom. The fraction of sp³-hybridized carbons (Fsp3) is 0.579. The van der Waals surface area contributed by atoms with E-state index in [1.807, 2.05) is 6.08 Å². The first-order chi connectivity index (χ1) is 11.3. The van der Waals surface area contributed by atoms with Crippen LogP contribution in [0.4, 0.5) is 0 Å². The molecule has 0 amide bonds. The molecule has 1 aromatic carbocycles. The SMILES string of the molecule is NC1C=CC1NCCCOc1cccc(CN2CCCCC2)c1. The highest BCUT2D eigenvalue weighted by Crippen LogP contribution is 2.17. The van der Waals surface area contributed by atoms with Crippen molar-refractivity contribution in [1.29, 1.82) is 0 Å². The topological polar surface area (TPSA) is 50.5 Å². The molecule has 126 valence electrons. The molecule has 4 heteroatoms. The van der Waals surface area contributed by atoms with Crippen LogP contribution in [0.2, 0.25) is 0 Å².